The number of aromatic nitrogens is 2. The maximum Gasteiger partial charge on any atom is 0.270 e. The van der Waals surface area contributed by atoms with Crippen LogP contribution in [0.1, 0.15) is 22.5 Å². The lowest BCUT2D eigenvalue weighted by Gasteiger charge is -2.19. The van der Waals surface area contributed by atoms with Gasteiger partial charge in [0.15, 0.2) is 6.79 Å². The molecule has 0 saturated heterocycles. The van der Waals surface area contributed by atoms with Crippen LogP contribution < -0.4 is 10.1 Å². The first-order valence-electron chi connectivity index (χ1n) is 7.88. The predicted octanol–water partition coefficient (Wildman–Crippen LogP) is 2.46. The van der Waals surface area contributed by atoms with E-state index in [2.05, 4.69) is 10.4 Å². The lowest BCUT2D eigenvalue weighted by Crippen LogP contribution is -2.13. The van der Waals surface area contributed by atoms with Crippen LogP contribution in [0, 0.1) is 24.0 Å². The minimum atomic E-state index is -0.491. The number of carbonyl (C=O) groups excluding carboxylic acids is 1. The van der Waals surface area contributed by atoms with Crippen molar-refractivity contribution in [3.8, 4) is 5.75 Å². The van der Waals surface area contributed by atoms with E-state index in [1.165, 1.54) is 24.3 Å². The molecule has 136 valence electrons. The van der Waals surface area contributed by atoms with Crippen molar-refractivity contribution >= 4 is 23.4 Å². The van der Waals surface area contributed by atoms with Crippen molar-refractivity contribution in [3.05, 3.63) is 50.8 Å². The fourth-order valence-corrected chi connectivity index (χ4v) is 2.75. The van der Waals surface area contributed by atoms with Crippen LogP contribution in [0.15, 0.2) is 18.2 Å². The van der Waals surface area contributed by atoms with E-state index in [1.54, 1.807) is 18.7 Å². The molecular weight excluding hydrogens is 340 g/mol. The minimum Gasteiger partial charge on any atom is -0.467 e. The first-order valence-corrected chi connectivity index (χ1v) is 7.88. The van der Waals surface area contributed by atoms with E-state index in [0.29, 0.717) is 28.3 Å². The third kappa shape index (κ3) is 3.42. The normalized spacial score (nSPS) is 13.3. The van der Waals surface area contributed by atoms with Crippen molar-refractivity contribution in [1.82, 2.24) is 9.78 Å². The van der Waals surface area contributed by atoms with Crippen molar-refractivity contribution in [2.24, 2.45) is 7.05 Å². The van der Waals surface area contributed by atoms with Gasteiger partial charge in [0.2, 0.25) is 5.91 Å². The van der Waals surface area contributed by atoms with Crippen LogP contribution in [0.3, 0.4) is 0 Å². The van der Waals surface area contributed by atoms with Gasteiger partial charge in [-0.3, -0.25) is 19.6 Å². The molecular formula is C17H18N4O5. The summed E-state index contributed by atoms with van der Waals surface area (Å²) in [5.74, 6) is 0.121. The average molecular weight is 358 g/mol. The van der Waals surface area contributed by atoms with Gasteiger partial charge >= 0.3 is 0 Å². The molecule has 3 rings (SSSR count). The predicted molar refractivity (Wildman–Crippen MR) is 93.7 cm³/mol. The quantitative estimate of drug-likeness (QED) is 0.511. The SMILES string of the molecule is Cc1nn(C)c(C)c1NC(=O)/C=C/c1cc([N+](=O)[O-])cc2c1OCOC2. The standard InChI is InChI=1S/C17H18N4O5/c1-10-16(11(2)20(3)19-10)18-15(22)5-4-12-6-14(21(23)24)7-13-8-25-9-26-17(12)13/h4-7H,8-9H2,1-3H3,(H,18,22)/b5-4+. The number of hydrogen-bond acceptors (Lipinski definition) is 6. The highest BCUT2D eigenvalue weighted by Crippen LogP contribution is 2.33. The van der Waals surface area contributed by atoms with Crippen molar-refractivity contribution in [2.75, 3.05) is 12.1 Å². The summed E-state index contributed by atoms with van der Waals surface area (Å²) in [5.41, 5.74) is 3.12. The minimum absolute atomic E-state index is 0.0614. The van der Waals surface area contributed by atoms with E-state index in [0.717, 1.165) is 5.69 Å². The lowest BCUT2D eigenvalue weighted by atomic mass is 10.1. The first-order chi connectivity index (χ1) is 12.4. The van der Waals surface area contributed by atoms with Gasteiger partial charge in [-0.2, -0.15) is 5.10 Å². The zero-order valence-corrected chi connectivity index (χ0v) is 14.6. The molecule has 1 amide bonds. The van der Waals surface area contributed by atoms with Crippen LogP contribution in [0.5, 0.6) is 5.75 Å². The Morgan fingerprint density at radius 3 is 2.85 bits per heavy atom. The molecule has 1 N–H and O–H groups in total. The highest BCUT2D eigenvalue weighted by atomic mass is 16.7. The number of hydrogen-bond donors (Lipinski definition) is 1. The number of carbonyl (C=O) groups is 1. The maximum absolute atomic E-state index is 12.3. The Labute approximate surface area is 149 Å². The summed E-state index contributed by atoms with van der Waals surface area (Å²) in [4.78, 5) is 22.9. The van der Waals surface area contributed by atoms with Gasteiger partial charge < -0.3 is 14.8 Å². The van der Waals surface area contributed by atoms with Crippen LogP contribution >= 0.6 is 0 Å². The average Bonchev–Trinajstić information content (AvgIpc) is 2.85. The van der Waals surface area contributed by atoms with Gasteiger partial charge in [0, 0.05) is 36.4 Å². The Morgan fingerprint density at radius 1 is 1.42 bits per heavy atom. The van der Waals surface area contributed by atoms with E-state index in [-0.39, 0.29) is 25.0 Å². The highest BCUT2D eigenvalue weighted by Gasteiger charge is 2.20. The van der Waals surface area contributed by atoms with Gasteiger partial charge in [0.25, 0.3) is 5.69 Å². The van der Waals surface area contributed by atoms with Crippen LogP contribution in [-0.4, -0.2) is 27.4 Å². The van der Waals surface area contributed by atoms with Gasteiger partial charge in [-0.15, -0.1) is 0 Å². The summed E-state index contributed by atoms with van der Waals surface area (Å²) in [6.45, 7) is 3.94. The van der Waals surface area contributed by atoms with E-state index < -0.39 is 4.92 Å². The molecule has 1 aromatic carbocycles. The Balaban J connectivity index is 1.86. The lowest BCUT2D eigenvalue weighted by molar-refractivity contribution is -0.385. The Bertz CT molecular complexity index is 916. The summed E-state index contributed by atoms with van der Waals surface area (Å²) in [7, 11) is 1.79. The molecule has 0 fully saturated rings. The zero-order valence-electron chi connectivity index (χ0n) is 14.6. The molecule has 2 aromatic rings. The number of nitrogens with one attached hydrogen (secondary N) is 1. The Morgan fingerprint density at radius 2 is 2.19 bits per heavy atom. The van der Waals surface area contributed by atoms with Crippen molar-refractivity contribution in [2.45, 2.75) is 20.5 Å². The van der Waals surface area contributed by atoms with Gasteiger partial charge in [-0.25, -0.2) is 0 Å². The van der Waals surface area contributed by atoms with E-state index >= 15 is 0 Å². The second-order valence-electron chi connectivity index (χ2n) is 5.88. The number of benzene rings is 1. The molecule has 0 radical (unpaired) electrons. The molecule has 0 saturated carbocycles. The van der Waals surface area contributed by atoms with Crippen LogP contribution in [0.4, 0.5) is 11.4 Å². The molecule has 9 nitrogen and oxygen atoms in total. The number of anilines is 1. The summed E-state index contributed by atoms with van der Waals surface area (Å²) in [6, 6.07) is 2.78. The maximum atomic E-state index is 12.3. The van der Waals surface area contributed by atoms with E-state index in [4.69, 9.17) is 9.47 Å². The van der Waals surface area contributed by atoms with Crippen LogP contribution in [-0.2, 0) is 23.2 Å². The number of ether oxygens (including phenoxy) is 2. The van der Waals surface area contributed by atoms with E-state index in [1.807, 2.05) is 6.92 Å². The number of fused-ring (bicyclic) bond motifs is 1. The Hall–Kier alpha value is -3.20. The number of nitro benzene ring substituents is 1. The second kappa shape index (κ2) is 6.96. The fraction of sp³-hybridized carbons (Fsp3) is 0.294. The first kappa shape index (κ1) is 17.6. The third-order valence-corrected chi connectivity index (χ3v) is 4.11. The number of amides is 1. The smallest absolute Gasteiger partial charge is 0.270 e. The molecule has 26 heavy (non-hydrogen) atoms. The monoisotopic (exact) mass is 358 g/mol. The summed E-state index contributed by atoms with van der Waals surface area (Å²) >= 11 is 0. The largest absolute Gasteiger partial charge is 0.467 e. The molecule has 1 aromatic heterocycles. The van der Waals surface area contributed by atoms with Crippen molar-refractivity contribution in [3.63, 3.8) is 0 Å². The van der Waals surface area contributed by atoms with Gasteiger partial charge in [0.1, 0.15) is 5.75 Å². The molecule has 0 spiro atoms. The molecule has 0 unspecified atom stereocenters. The van der Waals surface area contributed by atoms with E-state index in [9.17, 15) is 14.9 Å². The molecule has 1 aliphatic heterocycles. The van der Waals surface area contributed by atoms with Crippen molar-refractivity contribution < 1.29 is 19.2 Å². The molecule has 0 aliphatic carbocycles. The fourth-order valence-electron chi connectivity index (χ4n) is 2.75. The zero-order chi connectivity index (χ0) is 18.8. The molecule has 0 atom stereocenters. The van der Waals surface area contributed by atoms with Crippen molar-refractivity contribution in [1.29, 1.82) is 0 Å². The molecule has 2 heterocycles. The number of nitro groups is 1. The summed E-state index contributed by atoms with van der Waals surface area (Å²) in [5, 5.41) is 18.1. The molecule has 1 aliphatic rings. The summed E-state index contributed by atoms with van der Waals surface area (Å²) < 4.78 is 12.3. The van der Waals surface area contributed by atoms with Gasteiger partial charge in [-0.1, -0.05) is 0 Å². The molecule has 9 heteroatoms. The van der Waals surface area contributed by atoms with Gasteiger partial charge in [-0.05, 0) is 19.9 Å². The number of non-ortho nitro benzene ring substituents is 1. The number of nitrogens with zero attached hydrogens (tertiary/aromatic N) is 3. The molecule has 0 bridgehead atoms. The topological polar surface area (TPSA) is 109 Å². The number of aryl methyl sites for hydroxylation is 2. The third-order valence-electron chi connectivity index (χ3n) is 4.11. The summed E-state index contributed by atoms with van der Waals surface area (Å²) in [6.07, 6.45) is 2.80. The highest BCUT2D eigenvalue weighted by molar-refractivity contribution is 6.02. The second-order valence-corrected chi connectivity index (χ2v) is 5.88. The van der Waals surface area contributed by atoms with Crippen LogP contribution in [0.2, 0.25) is 0 Å². The van der Waals surface area contributed by atoms with Gasteiger partial charge in [0.05, 0.1) is 28.6 Å². The number of rotatable bonds is 4. The Kier molecular flexibility index (Phi) is 4.72. The van der Waals surface area contributed by atoms with Crippen LogP contribution in [0.25, 0.3) is 6.08 Å².